The molecule has 0 aliphatic carbocycles. The number of nitrogens with zero attached hydrogens (tertiary/aromatic N) is 3. The summed E-state index contributed by atoms with van der Waals surface area (Å²) >= 11 is 0. The Hall–Kier alpha value is -2.59. The van der Waals surface area contributed by atoms with Gasteiger partial charge in [0.1, 0.15) is 0 Å². The fourth-order valence-electron chi connectivity index (χ4n) is 4.19. The Morgan fingerprint density at radius 3 is 2.54 bits per heavy atom. The molecule has 4 rings (SSSR count). The van der Waals surface area contributed by atoms with Crippen LogP contribution in [0.3, 0.4) is 0 Å². The second kappa shape index (κ2) is 6.96. The summed E-state index contributed by atoms with van der Waals surface area (Å²) in [4.78, 5) is 19.5. The second-order valence-electron chi connectivity index (χ2n) is 6.97. The first-order chi connectivity index (χ1) is 12.7. The molecular weight excluding hydrogens is 322 g/mol. The van der Waals surface area contributed by atoms with Gasteiger partial charge in [0.25, 0.3) is 5.91 Å². The van der Waals surface area contributed by atoms with Gasteiger partial charge < -0.3 is 9.80 Å². The zero-order chi connectivity index (χ0) is 18.1. The zero-order valence-electron chi connectivity index (χ0n) is 15.2. The summed E-state index contributed by atoms with van der Waals surface area (Å²) in [5, 5.41) is 2.26. The first kappa shape index (κ1) is 16.9. The first-order valence-electron chi connectivity index (χ1n) is 9.31. The molecule has 26 heavy (non-hydrogen) atoms. The minimum Gasteiger partial charge on any atom is -0.370 e. The third-order valence-corrected chi connectivity index (χ3v) is 5.39. The summed E-state index contributed by atoms with van der Waals surface area (Å²) in [6.07, 6.45) is 4.90. The molecule has 4 heteroatoms. The van der Waals surface area contributed by atoms with E-state index in [-0.39, 0.29) is 5.91 Å². The maximum atomic E-state index is 12.8. The fourth-order valence-corrected chi connectivity index (χ4v) is 4.19. The number of carbonyl (C=O) groups is 1. The van der Waals surface area contributed by atoms with Gasteiger partial charge in [0.2, 0.25) is 0 Å². The van der Waals surface area contributed by atoms with Crippen LogP contribution in [-0.2, 0) is 0 Å². The monoisotopic (exact) mass is 347 g/mol. The third-order valence-electron chi connectivity index (χ3n) is 5.39. The predicted octanol–water partition coefficient (Wildman–Crippen LogP) is 3.68. The Morgan fingerprint density at radius 1 is 0.923 bits per heavy atom. The van der Waals surface area contributed by atoms with Crippen molar-refractivity contribution in [2.75, 3.05) is 49.1 Å². The van der Waals surface area contributed by atoms with Crippen molar-refractivity contribution in [1.29, 1.82) is 0 Å². The van der Waals surface area contributed by atoms with Crippen molar-refractivity contribution in [2.45, 2.75) is 6.42 Å². The Balaban J connectivity index is 1.74. The van der Waals surface area contributed by atoms with E-state index in [9.17, 15) is 4.79 Å². The van der Waals surface area contributed by atoms with Crippen LogP contribution in [0.25, 0.3) is 10.8 Å². The van der Waals surface area contributed by atoms with Crippen LogP contribution < -0.4 is 9.80 Å². The van der Waals surface area contributed by atoms with Gasteiger partial charge in [-0.25, -0.2) is 0 Å². The molecule has 0 unspecified atom stereocenters. The Kier molecular flexibility index (Phi) is 4.51. The zero-order valence-corrected chi connectivity index (χ0v) is 15.2. The molecule has 0 spiro atoms. The predicted molar refractivity (Wildman–Crippen MR) is 109 cm³/mol. The summed E-state index contributed by atoms with van der Waals surface area (Å²) in [6.45, 7) is 13.3. The lowest BCUT2D eigenvalue weighted by atomic mass is 10.0. The number of carbonyl (C=O) groups excluding carboxylic acids is 1. The quantitative estimate of drug-likeness (QED) is 0.772. The lowest BCUT2D eigenvalue weighted by molar-refractivity contribution is 0.0996. The highest BCUT2D eigenvalue weighted by molar-refractivity contribution is 6.26. The third kappa shape index (κ3) is 2.71. The van der Waals surface area contributed by atoms with E-state index in [1.807, 2.05) is 23.1 Å². The van der Waals surface area contributed by atoms with Crippen LogP contribution in [0.2, 0.25) is 0 Å². The summed E-state index contributed by atoms with van der Waals surface area (Å²) < 4.78 is 0. The highest BCUT2D eigenvalue weighted by Crippen LogP contribution is 2.41. The number of benzene rings is 2. The van der Waals surface area contributed by atoms with Crippen molar-refractivity contribution in [2.24, 2.45) is 0 Å². The molecule has 0 bridgehead atoms. The van der Waals surface area contributed by atoms with E-state index in [1.54, 1.807) is 6.08 Å². The van der Waals surface area contributed by atoms with Gasteiger partial charge in [-0.3, -0.25) is 9.69 Å². The van der Waals surface area contributed by atoms with E-state index in [4.69, 9.17) is 0 Å². The van der Waals surface area contributed by atoms with Crippen LogP contribution in [0, 0.1) is 0 Å². The van der Waals surface area contributed by atoms with E-state index in [0.717, 1.165) is 55.8 Å². The molecule has 4 nitrogen and oxygen atoms in total. The average molecular weight is 347 g/mol. The molecular formula is C22H25N3O. The summed E-state index contributed by atoms with van der Waals surface area (Å²) in [7, 11) is 0. The highest BCUT2D eigenvalue weighted by atomic mass is 16.2. The maximum absolute atomic E-state index is 12.8. The molecule has 2 aliphatic rings. The van der Waals surface area contributed by atoms with Crippen molar-refractivity contribution >= 4 is 28.1 Å². The van der Waals surface area contributed by atoms with Gasteiger partial charge in [0, 0.05) is 61.3 Å². The summed E-state index contributed by atoms with van der Waals surface area (Å²) in [5.41, 5.74) is 3.05. The van der Waals surface area contributed by atoms with Crippen molar-refractivity contribution < 1.29 is 4.79 Å². The van der Waals surface area contributed by atoms with Crippen LogP contribution in [0.1, 0.15) is 16.8 Å². The van der Waals surface area contributed by atoms with Gasteiger partial charge in [-0.1, -0.05) is 24.3 Å². The first-order valence-corrected chi connectivity index (χ1v) is 9.31. The number of amides is 1. The van der Waals surface area contributed by atoms with Crippen molar-refractivity contribution in [1.82, 2.24) is 4.90 Å². The Labute approximate surface area is 155 Å². The fraction of sp³-hybridized carbons (Fsp3) is 0.318. The van der Waals surface area contributed by atoms with E-state index in [1.165, 1.54) is 11.1 Å². The molecule has 1 amide bonds. The minimum absolute atomic E-state index is 0.0793. The van der Waals surface area contributed by atoms with E-state index >= 15 is 0 Å². The van der Waals surface area contributed by atoms with Gasteiger partial charge in [0.05, 0.1) is 5.69 Å². The van der Waals surface area contributed by atoms with Gasteiger partial charge in [0.15, 0.2) is 0 Å². The van der Waals surface area contributed by atoms with Gasteiger partial charge in [-0.2, -0.15) is 0 Å². The van der Waals surface area contributed by atoms with Gasteiger partial charge in [-0.15, -0.1) is 13.2 Å². The van der Waals surface area contributed by atoms with Crippen LogP contribution in [0.5, 0.6) is 0 Å². The molecule has 0 aromatic heterocycles. The molecule has 1 fully saturated rings. The summed E-state index contributed by atoms with van der Waals surface area (Å²) in [5.74, 6) is 0.0793. The largest absolute Gasteiger partial charge is 0.370 e. The lowest BCUT2D eigenvalue weighted by Crippen LogP contribution is -2.31. The molecule has 0 saturated carbocycles. The molecule has 134 valence electrons. The van der Waals surface area contributed by atoms with E-state index < -0.39 is 0 Å². The number of rotatable bonds is 5. The normalized spacial score (nSPS) is 17.6. The van der Waals surface area contributed by atoms with E-state index in [0.29, 0.717) is 6.54 Å². The molecule has 0 atom stereocenters. The van der Waals surface area contributed by atoms with Crippen LogP contribution in [0.4, 0.5) is 11.4 Å². The highest BCUT2D eigenvalue weighted by Gasteiger charge is 2.30. The number of hydrogen-bond donors (Lipinski definition) is 0. The number of hydrogen-bond acceptors (Lipinski definition) is 3. The lowest BCUT2D eigenvalue weighted by Gasteiger charge is -2.25. The standard InChI is InChI=1S/C22H25N3O/c1-3-11-23-13-6-14-24(16-15-23)19-9-10-20-21-17(19)7-5-8-18(21)22(26)25(20)12-4-2/h3-5,7-10H,1-2,6,11-16H2. The summed E-state index contributed by atoms with van der Waals surface area (Å²) in [6, 6.07) is 10.4. The average Bonchev–Trinajstić information content (AvgIpc) is 2.81. The SMILES string of the molecule is C=CCN1CCCN(c2ccc3c4c(cccc24)C(=O)N3CC=C)CC1. The second-order valence-corrected chi connectivity index (χ2v) is 6.97. The topological polar surface area (TPSA) is 26.8 Å². The van der Waals surface area contributed by atoms with Crippen LogP contribution >= 0.6 is 0 Å². The minimum atomic E-state index is 0.0793. The maximum Gasteiger partial charge on any atom is 0.259 e. The molecule has 2 aliphatic heterocycles. The smallest absolute Gasteiger partial charge is 0.259 e. The van der Waals surface area contributed by atoms with Gasteiger partial charge >= 0.3 is 0 Å². The number of anilines is 2. The van der Waals surface area contributed by atoms with Crippen molar-refractivity contribution in [3.8, 4) is 0 Å². The van der Waals surface area contributed by atoms with Crippen LogP contribution in [0.15, 0.2) is 55.6 Å². The molecule has 1 saturated heterocycles. The van der Waals surface area contributed by atoms with Crippen molar-refractivity contribution in [3.05, 3.63) is 61.2 Å². The Morgan fingerprint density at radius 2 is 1.73 bits per heavy atom. The van der Waals surface area contributed by atoms with E-state index in [2.05, 4.69) is 41.2 Å². The molecule has 2 aromatic carbocycles. The van der Waals surface area contributed by atoms with Crippen molar-refractivity contribution in [3.63, 3.8) is 0 Å². The van der Waals surface area contributed by atoms with Gasteiger partial charge in [-0.05, 0) is 24.6 Å². The molecule has 0 N–H and O–H groups in total. The van der Waals surface area contributed by atoms with Crippen LogP contribution in [-0.4, -0.2) is 50.1 Å². The molecule has 0 radical (unpaired) electrons. The Bertz CT molecular complexity index is 873. The molecule has 2 aromatic rings. The molecule has 2 heterocycles.